The standard InChI is InChI=1S/C25H23FO/c1-19-7-15-23(16-8-19)25(27)18-24(26)17-22-13-11-21(12-14-22)10-9-20-5-3-2-4-6-20/h2-17,25,27H,18H2,1H3/b10-9+,24-17-. The Morgan fingerprint density at radius 3 is 2.00 bits per heavy atom. The molecule has 0 spiro atoms. The van der Waals surface area contributed by atoms with E-state index in [0.29, 0.717) is 0 Å². The van der Waals surface area contributed by atoms with Crippen LogP contribution in [0.3, 0.4) is 0 Å². The van der Waals surface area contributed by atoms with E-state index in [1.165, 1.54) is 6.08 Å². The highest BCUT2D eigenvalue weighted by atomic mass is 19.1. The van der Waals surface area contributed by atoms with E-state index in [-0.39, 0.29) is 12.2 Å². The molecular formula is C25H23FO. The van der Waals surface area contributed by atoms with Crippen LogP contribution in [0.2, 0.25) is 0 Å². The largest absolute Gasteiger partial charge is 0.388 e. The lowest BCUT2D eigenvalue weighted by atomic mass is 10.0. The third kappa shape index (κ3) is 5.77. The second-order valence-electron chi connectivity index (χ2n) is 6.63. The lowest BCUT2D eigenvalue weighted by molar-refractivity contribution is 0.171. The zero-order valence-electron chi connectivity index (χ0n) is 15.3. The summed E-state index contributed by atoms with van der Waals surface area (Å²) in [5.74, 6) is -0.337. The molecule has 1 atom stereocenters. The zero-order valence-corrected chi connectivity index (χ0v) is 15.3. The summed E-state index contributed by atoms with van der Waals surface area (Å²) in [5.41, 5.74) is 4.81. The molecule has 136 valence electrons. The third-order valence-corrected chi connectivity index (χ3v) is 4.38. The highest BCUT2D eigenvalue weighted by molar-refractivity contribution is 5.70. The van der Waals surface area contributed by atoms with E-state index in [2.05, 4.69) is 0 Å². The summed E-state index contributed by atoms with van der Waals surface area (Å²) in [5, 5.41) is 10.2. The van der Waals surface area contributed by atoms with Crippen molar-refractivity contribution in [2.75, 3.05) is 0 Å². The van der Waals surface area contributed by atoms with Crippen LogP contribution in [0, 0.1) is 6.92 Å². The minimum absolute atomic E-state index is 0.0290. The molecule has 0 aliphatic heterocycles. The van der Waals surface area contributed by atoms with Gasteiger partial charge in [0, 0.05) is 6.42 Å². The maximum absolute atomic E-state index is 14.3. The Morgan fingerprint density at radius 1 is 0.815 bits per heavy atom. The van der Waals surface area contributed by atoms with Crippen molar-refractivity contribution in [3.8, 4) is 0 Å². The van der Waals surface area contributed by atoms with E-state index in [1.54, 1.807) is 0 Å². The van der Waals surface area contributed by atoms with Crippen LogP contribution >= 0.6 is 0 Å². The van der Waals surface area contributed by atoms with Crippen LogP contribution in [0.4, 0.5) is 4.39 Å². The number of hydrogen-bond acceptors (Lipinski definition) is 1. The molecule has 0 saturated heterocycles. The molecule has 2 heteroatoms. The summed E-state index contributed by atoms with van der Waals surface area (Å²) < 4.78 is 14.3. The molecule has 1 unspecified atom stereocenters. The molecule has 3 rings (SSSR count). The number of benzene rings is 3. The number of aliphatic hydroxyl groups is 1. The fraction of sp³-hybridized carbons (Fsp3) is 0.120. The van der Waals surface area contributed by atoms with Gasteiger partial charge in [-0.1, -0.05) is 96.6 Å². The van der Waals surface area contributed by atoms with Gasteiger partial charge in [0.25, 0.3) is 0 Å². The molecular weight excluding hydrogens is 335 g/mol. The first-order valence-electron chi connectivity index (χ1n) is 9.04. The van der Waals surface area contributed by atoms with Crippen molar-refractivity contribution in [3.05, 3.63) is 113 Å². The molecule has 0 saturated carbocycles. The molecule has 3 aromatic rings. The first-order valence-corrected chi connectivity index (χ1v) is 9.04. The van der Waals surface area contributed by atoms with Crippen LogP contribution in [0.25, 0.3) is 18.2 Å². The van der Waals surface area contributed by atoms with Crippen molar-refractivity contribution in [1.29, 1.82) is 0 Å². The molecule has 0 aliphatic carbocycles. The first-order chi connectivity index (χ1) is 13.1. The van der Waals surface area contributed by atoms with Gasteiger partial charge in [0.1, 0.15) is 5.83 Å². The van der Waals surface area contributed by atoms with Gasteiger partial charge in [-0.25, -0.2) is 4.39 Å². The number of aliphatic hydroxyl groups excluding tert-OH is 1. The van der Waals surface area contributed by atoms with Crippen molar-refractivity contribution >= 4 is 18.2 Å². The number of aryl methyl sites for hydroxylation is 1. The second kappa shape index (κ2) is 9.11. The van der Waals surface area contributed by atoms with Gasteiger partial charge in [-0.05, 0) is 35.3 Å². The lowest BCUT2D eigenvalue weighted by Gasteiger charge is -2.10. The molecule has 0 aliphatic rings. The van der Waals surface area contributed by atoms with E-state index in [0.717, 1.165) is 27.8 Å². The Balaban J connectivity index is 1.62. The van der Waals surface area contributed by atoms with E-state index in [1.807, 2.05) is 97.9 Å². The van der Waals surface area contributed by atoms with Gasteiger partial charge in [0.05, 0.1) is 6.10 Å². The van der Waals surface area contributed by atoms with Crippen molar-refractivity contribution < 1.29 is 9.50 Å². The van der Waals surface area contributed by atoms with Gasteiger partial charge >= 0.3 is 0 Å². The fourth-order valence-corrected chi connectivity index (χ4v) is 2.79. The van der Waals surface area contributed by atoms with Crippen LogP contribution in [-0.4, -0.2) is 5.11 Å². The lowest BCUT2D eigenvalue weighted by Crippen LogP contribution is -1.97. The average Bonchev–Trinajstić information content (AvgIpc) is 2.68. The molecule has 1 nitrogen and oxygen atoms in total. The highest BCUT2D eigenvalue weighted by Gasteiger charge is 2.10. The van der Waals surface area contributed by atoms with Crippen LogP contribution in [0.15, 0.2) is 84.7 Å². The predicted molar refractivity (Wildman–Crippen MR) is 112 cm³/mol. The van der Waals surface area contributed by atoms with Crippen LogP contribution in [0.1, 0.15) is 40.3 Å². The molecule has 0 aromatic heterocycles. The van der Waals surface area contributed by atoms with Crippen molar-refractivity contribution in [3.63, 3.8) is 0 Å². The molecule has 0 bridgehead atoms. The van der Waals surface area contributed by atoms with Crippen LogP contribution < -0.4 is 0 Å². The van der Waals surface area contributed by atoms with Gasteiger partial charge in [-0.3, -0.25) is 0 Å². The van der Waals surface area contributed by atoms with Gasteiger partial charge < -0.3 is 5.11 Å². The molecule has 0 radical (unpaired) electrons. The van der Waals surface area contributed by atoms with Gasteiger partial charge in [-0.15, -0.1) is 0 Å². The monoisotopic (exact) mass is 358 g/mol. The quantitative estimate of drug-likeness (QED) is 0.492. The predicted octanol–water partition coefficient (Wildman–Crippen LogP) is 6.60. The van der Waals surface area contributed by atoms with E-state index < -0.39 is 6.10 Å². The first kappa shape index (κ1) is 18.8. The zero-order chi connectivity index (χ0) is 19.1. The maximum atomic E-state index is 14.3. The highest BCUT2D eigenvalue weighted by Crippen LogP contribution is 2.24. The molecule has 0 heterocycles. The normalized spacial score (nSPS) is 13.1. The number of halogens is 1. The fourth-order valence-electron chi connectivity index (χ4n) is 2.79. The molecule has 0 fully saturated rings. The van der Waals surface area contributed by atoms with Gasteiger partial charge in [-0.2, -0.15) is 0 Å². The average molecular weight is 358 g/mol. The van der Waals surface area contributed by atoms with Gasteiger partial charge in [0.15, 0.2) is 0 Å². The SMILES string of the molecule is Cc1ccc(C(O)C/C(F)=C/c2ccc(/C=C/c3ccccc3)cc2)cc1. The smallest absolute Gasteiger partial charge is 0.103 e. The number of hydrogen-bond donors (Lipinski definition) is 1. The summed E-state index contributed by atoms with van der Waals surface area (Å²) in [4.78, 5) is 0. The van der Waals surface area contributed by atoms with E-state index in [9.17, 15) is 9.50 Å². The van der Waals surface area contributed by atoms with E-state index in [4.69, 9.17) is 0 Å². The number of rotatable bonds is 6. The van der Waals surface area contributed by atoms with Crippen molar-refractivity contribution in [2.24, 2.45) is 0 Å². The Labute approximate surface area is 160 Å². The Hall–Kier alpha value is -2.97. The molecule has 1 N–H and O–H groups in total. The van der Waals surface area contributed by atoms with Gasteiger partial charge in [0.2, 0.25) is 0 Å². The minimum atomic E-state index is -0.838. The minimum Gasteiger partial charge on any atom is -0.388 e. The Bertz CT molecular complexity index is 907. The third-order valence-electron chi connectivity index (χ3n) is 4.38. The van der Waals surface area contributed by atoms with Crippen molar-refractivity contribution in [2.45, 2.75) is 19.4 Å². The van der Waals surface area contributed by atoms with Crippen LogP contribution in [-0.2, 0) is 0 Å². The summed E-state index contributed by atoms with van der Waals surface area (Å²) in [6.45, 7) is 1.98. The summed E-state index contributed by atoms with van der Waals surface area (Å²) in [7, 11) is 0. The molecule has 3 aromatic carbocycles. The maximum Gasteiger partial charge on any atom is 0.103 e. The molecule has 0 amide bonds. The molecule has 27 heavy (non-hydrogen) atoms. The van der Waals surface area contributed by atoms with E-state index >= 15 is 0 Å². The summed E-state index contributed by atoms with van der Waals surface area (Å²) in [6, 6.07) is 25.2. The van der Waals surface area contributed by atoms with Crippen molar-refractivity contribution in [1.82, 2.24) is 0 Å². The second-order valence-corrected chi connectivity index (χ2v) is 6.63. The van der Waals surface area contributed by atoms with Crippen LogP contribution in [0.5, 0.6) is 0 Å². The summed E-state index contributed by atoms with van der Waals surface area (Å²) in [6.07, 6.45) is 4.68. The topological polar surface area (TPSA) is 20.2 Å². The Morgan fingerprint density at radius 2 is 1.37 bits per heavy atom. The Kier molecular flexibility index (Phi) is 6.35. The summed E-state index contributed by atoms with van der Waals surface area (Å²) >= 11 is 0.